The van der Waals surface area contributed by atoms with Gasteiger partial charge in [0.05, 0.1) is 5.41 Å². The van der Waals surface area contributed by atoms with Gasteiger partial charge in [-0.1, -0.05) is 28.1 Å². The Labute approximate surface area is 99.0 Å². The Kier molecular flexibility index (Phi) is 2.72. The molecular formula is C13H15BrO. The number of ketones is 1. The molecule has 1 aromatic rings. The summed E-state index contributed by atoms with van der Waals surface area (Å²) in [5, 5.41) is 0. The van der Waals surface area contributed by atoms with E-state index in [1.165, 1.54) is 12.8 Å². The molecule has 1 aromatic carbocycles. The minimum Gasteiger partial charge on any atom is -0.299 e. The van der Waals surface area contributed by atoms with Gasteiger partial charge in [-0.25, -0.2) is 0 Å². The van der Waals surface area contributed by atoms with Crippen molar-refractivity contribution in [2.45, 2.75) is 32.1 Å². The van der Waals surface area contributed by atoms with Crippen LogP contribution in [0.3, 0.4) is 0 Å². The lowest BCUT2D eigenvalue weighted by Gasteiger charge is -2.27. The minimum atomic E-state index is -0.263. The second-order valence-electron chi connectivity index (χ2n) is 4.54. The Bertz CT molecular complexity index is 378. The normalized spacial score (nSPS) is 19.7. The average molecular weight is 267 g/mol. The van der Waals surface area contributed by atoms with Crippen molar-refractivity contribution in [1.82, 2.24) is 0 Å². The molecule has 2 heteroatoms. The second kappa shape index (κ2) is 3.75. The molecule has 1 unspecified atom stereocenters. The van der Waals surface area contributed by atoms with E-state index in [4.69, 9.17) is 0 Å². The molecule has 0 saturated heterocycles. The zero-order valence-electron chi connectivity index (χ0n) is 9.09. The van der Waals surface area contributed by atoms with Crippen LogP contribution >= 0.6 is 15.9 Å². The van der Waals surface area contributed by atoms with E-state index >= 15 is 0 Å². The third-order valence-corrected chi connectivity index (χ3v) is 4.10. The molecule has 1 aliphatic carbocycles. The predicted molar refractivity (Wildman–Crippen MR) is 64.9 cm³/mol. The summed E-state index contributed by atoms with van der Waals surface area (Å²) in [5.41, 5.74) is 0.890. The summed E-state index contributed by atoms with van der Waals surface area (Å²) in [7, 11) is 0. The molecule has 0 amide bonds. The van der Waals surface area contributed by atoms with Gasteiger partial charge in [0.1, 0.15) is 5.78 Å². The van der Waals surface area contributed by atoms with Gasteiger partial charge in [-0.2, -0.15) is 0 Å². The van der Waals surface area contributed by atoms with Gasteiger partial charge in [0, 0.05) is 4.47 Å². The van der Waals surface area contributed by atoms with Crippen molar-refractivity contribution < 1.29 is 4.79 Å². The van der Waals surface area contributed by atoms with Gasteiger partial charge in [0.2, 0.25) is 0 Å². The van der Waals surface area contributed by atoms with Gasteiger partial charge in [0.25, 0.3) is 0 Å². The summed E-state index contributed by atoms with van der Waals surface area (Å²) < 4.78 is 1.06. The van der Waals surface area contributed by atoms with E-state index < -0.39 is 0 Å². The quantitative estimate of drug-likeness (QED) is 0.816. The molecule has 0 aromatic heterocycles. The largest absolute Gasteiger partial charge is 0.299 e. The zero-order chi connectivity index (χ0) is 11.1. The van der Waals surface area contributed by atoms with Gasteiger partial charge in [0.15, 0.2) is 0 Å². The van der Waals surface area contributed by atoms with E-state index in [1.807, 2.05) is 12.1 Å². The molecule has 0 radical (unpaired) electrons. The Hall–Kier alpha value is -0.630. The Morgan fingerprint density at radius 1 is 1.33 bits per heavy atom. The van der Waals surface area contributed by atoms with Crippen molar-refractivity contribution in [2.24, 2.45) is 5.92 Å². The number of hydrogen-bond acceptors (Lipinski definition) is 1. The number of hydrogen-bond donors (Lipinski definition) is 0. The molecule has 0 bridgehead atoms. The maximum Gasteiger partial charge on any atom is 0.140 e. The minimum absolute atomic E-state index is 0.263. The standard InChI is InChI=1S/C13H15BrO/c1-9(15)13(2,10-3-4-10)11-5-7-12(14)8-6-11/h5-8,10H,3-4H2,1-2H3. The number of Topliss-reactive ketones (excluding diaryl/α,β-unsaturated/α-hetero) is 1. The van der Waals surface area contributed by atoms with Crippen molar-refractivity contribution in [2.75, 3.05) is 0 Å². The average Bonchev–Trinajstić information content (AvgIpc) is 3.00. The highest BCUT2D eigenvalue weighted by molar-refractivity contribution is 9.10. The van der Waals surface area contributed by atoms with Crippen molar-refractivity contribution >= 4 is 21.7 Å². The van der Waals surface area contributed by atoms with Gasteiger partial charge in [-0.15, -0.1) is 0 Å². The maximum atomic E-state index is 11.8. The molecule has 1 nitrogen and oxygen atoms in total. The highest BCUT2D eigenvalue weighted by atomic mass is 79.9. The third kappa shape index (κ3) is 1.87. The SMILES string of the molecule is CC(=O)C(C)(c1ccc(Br)cc1)C1CC1. The van der Waals surface area contributed by atoms with Gasteiger partial charge in [-0.3, -0.25) is 4.79 Å². The van der Waals surface area contributed by atoms with Crippen molar-refractivity contribution in [3.05, 3.63) is 34.3 Å². The lowest BCUT2D eigenvalue weighted by Crippen LogP contribution is -2.32. The highest BCUT2D eigenvalue weighted by Gasteiger charge is 2.46. The van der Waals surface area contributed by atoms with E-state index in [9.17, 15) is 4.79 Å². The molecule has 0 spiro atoms. The number of rotatable bonds is 3. The Morgan fingerprint density at radius 2 is 1.87 bits per heavy atom. The first kappa shape index (κ1) is 10.9. The van der Waals surface area contributed by atoms with Crippen LogP contribution < -0.4 is 0 Å². The number of carbonyl (C=O) groups excluding carboxylic acids is 1. The molecule has 0 aliphatic heterocycles. The molecule has 1 aliphatic rings. The Morgan fingerprint density at radius 3 is 2.27 bits per heavy atom. The lowest BCUT2D eigenvalue weighted by atomic mass is 9.75. The van der Waals surface area contributed by atoms with Crippen LogP contribution in [-0.4, -0.2) is 5.78 Å². The van der Waals surface area contributed by atoms with Crippen molar-refractivity contribution in [1.29, 1.82) is 0 Å². The van der Waals surface area contributed by atoms with Crippen LogP contribution in [0.5, 0.6) is 0 Å². The van der Waals surface area contributed by atoms with E-state index in [-0.39, 0.29) is 11.2 Å². The molecule has 1 atom stereocenters. The fraction of sp³-hybridized carbons (Fsp3) is 0.462. The first-order chi connectivity index (χ1) is 7.05. The van der Waals surface area contributed by atoms with Crippen LogP contribution in [0.1, 0.15) is 32.3 Å². The number of carbonyl (C=O) groups is 1. The maximum absolute atomic E-state index is 11.8. The smallest absolute Gasteiger partial charge is 0.140 e. The molecule has 80 valence electrons. The molecule has 2 rings (SSSR count). The van der Waals surface area contributed by atoms with Crippen LogP contribution in [-0.2, 0) is 10.2 Å². The van der Waals surface area contributed by atoms with Crippen molar-refractivity contribution in [3.63, 3.8) is 0 Å². The number of benzene rings is 1. The molecule has 1 fully saturated rings. The highest BCUT2D eigenvalue weighted by Crippen LogP contribution is 2.47. The van der Waals surface area contributed by atoms with E-state index in [0.29, 0.717) is 5.92 Å². The van der Waals surface area contributed by atoms with Gasteiger partial charge < -0.3 is 0 Å². The van der Waals surface area contributed by atoms with Crippen LogP contribution in [0.4, 0.5) is 0 Å². The summed E-state index contributed by atoms with van der Waals surface area (Å²) in [5.74, 6) is 0.837. The van der Waals surface area contributed by atoms with E-state index in [0.717, 1.165) is 10.0 Å². The molecule has 0 heterocycles. The topological polar surface area (TPSA) is 17.1 Å². The molecule has 15 heavy (non-hydrogen) atoms. The third-order valence-electron chi connectivity index (χ3n) is 3.57. The van der Waals surface area contributed by atoms with Crippen LogP contribution in [0, 0.1) is 5.92 Å². The first-order valence-electron chi connectivity index (χ1n) is 5.32. The summed E-state index contributed by atoms with van der Waals surface area (Å²) >= 11 is 3.42. The number of halogens is 1. The summed E-state index contributed by atoms with van der Waals surface area (Å²) in [6.07, 6.45) is 2.37. The summed E-state index contributed by atoms with van der Waals surface area (Å²) in [6.45, 7) is 3.79. The van der Waals surface area contributed by atoms with Crippen LogP contribution in [0.25, 0.3) is 0 Å². The van der Waals surface area contributed by atoms with Crippen LogP contribution in [0.15, 0.2) is 28.7 Å². The molecule has 1 saturated carbocycles. The van der Waals surface area contributed by atoms with Crippen LogP contribution in [0.2, 0.25) is 0 Å². The summed E-state index contributed by atoms with van der Waals surface area (Å²) in [6, 6.07) is 8.14. The van der Waals surface area contributed by atoms with Gasteiger partial charge in [-0.05, 0) is 50.3 Å². The lowest BCUT2D eigenvalue weighted by molar-refractivity contribution is -0.122. The van der Waals surface area contributed by atoms with Gasteiger partial charge >= 0.3 is 0 Å². The molecule has 0 N–H and O–H groups in total. The monoisotopic (exact) mass is 266 g/mol. The molecular weight excluding hydrogens is 252 g/mol. The predicted octanol–water partition coefficient (Wildman–Crippen LogP) is 3.71. The van der Waals surface area contributed by atoms with E-state index in [2.05, 4.69) is 35.0 Å². The fourth-order valence-electron chi connectivity index (χ4n) is 2.18. The summed E-state index contributed by atoms with van der Waals surface area (Å²) in [4.78, 5) is 11.8. The van der Waals surface area contributed by atoms with E-state index in [1.54, 1.807) is 6.92 Å². The second-order valence-corrected chi connectivity index (χ2v) is 5.46. The fourth-order valence-corrected chi connectivity index (χ4v) is 2.45. The van der Waals surface area contributed by atoms with Crippen molar-refractivity contribution in [3.8, 4) is 0 Å². The first-order valence-corrected chi connectivity index (χ1v) is 6.11. The zero-order valence-corrected chi connectivity index (χ0v) is 10.7. The Balaban J connectivity index is 2.40.